The Morgan fingerprint density at radius 2 is 1.97 bits per heavy atom. The van der Waals surface area contributed by atoms with E-state index in [-0.39, 0.29) is 5.41 Å². The van der Waals surface area contributed by atoms with Crippen LogP contribution in [0.4, 0.5) is 0 Å². The lowest BCUT2D eigenvalue weighted by molar-refractivity contribution is 0.165. The summed E-state index contributed by atoms with van der Waals surface area (Å²) in [4.78, 5) is 9.68. The zero-order valence-corrected chi connectivity index (χ0v) is 20.2. The van der Waals surface area contributed by atoms with E-state index in [0.717, 1.165) is 36.6 Å². The minimum absolute atomic E-state index is 0.0267. The van der Waals surface area contributed by atoms with Gasteiger partial charge in [-0.2, -0.15) is 5.10 Å². The summed E-state index contributed by atoms with van der Waals surface area (Å²) < 4.78 is 7.73. The second kappa shape index (κ2) is 7.85. The van der Waals surface area contributed by atoms with Crippen molar-refractivity contribution in [3.05, 3.63) is 58.5 Å². The van der Waals surface area contributed by atoms with Crippen LogP contribution in [0.15, 0.2) is 30.5 Å². The number of nitrogens with zero attached hydrogens (tertiary/aromatic N) is 5. The van der Waals surface area contributed by atoms with Gasteiger partial charge in [0, 0.05) is 60.4 Å². The second-order valence-electron chi connectivity index (χ2n) is 10.7. The standard InChI is InChI=1S/C26H35N5O/c1-26(2,3)24-13-25-27-14-20-21-9-8-19(12-22(20)31(25)28-24)30(21)15-17-7-10-23(32-6)18(11-17)16-29(4)5/h7,10-11,13-14,19,21H,8-9,12,15-16H2,1-6H3/t19-,21-/m0/s1. The summed E-state index contributed by atoms with van der Waals surface area (Å²) in [6, 6.07) is 9.78. The molecule has 5 rings (SSSR count). The molecule has 1 aromatic carbocycles. The number of ether oxygens (including phenoxy) is 1. The molecule has 3 aromatic rings. The maximum absolute atomic E-state index is 5.60. The van der Waals surface area contributed by atoms with Gasteiger partial charge in [-0.25, -0.2) is 9.50 Å². The molecule has 0 amide bonds. The molecular weight excluding hydrogens is 398 g/mol. The number of aromatic nitrogens is 3. The van der Waals surface area contributed by atoms with Gasteiger partial charge in [-0.3, -0.25) is 4.90 Å². The predicted molar refractivity (Wildman–Crippen MR) is 127 cm³/mol. The molecule has 0 radical (unpaired) electrons. The zero-order chi connectivity index (χ0) is 22.6. The molecule has 2 aromatic heterocycles. The third-order valence-electron chi connectivity index (χ3n) is 7.01. The van der Waals surface area contributed by atoms with Gasteiger partial charge in [0.25, 0.3) is 0 Å². The van der Waals surface area contributed by atoms with E-state index in [4.69, 9.17) is 14.8 Å². The Morgan fingerprint density at radius 3 is 2.69 bits per heavy atom. The fraction of sp³-hybridized carbons (Fsp3) is 0.538. The van der Waals surface area contributed by atoms with Crippen LogP contribution >= 0.6 is 0 Å². The van der Waals surface area contributed by atoms with E-state index in [1.54, 1.807) is 7.11 Å². The summed E-state index contributed by atoms with van der Waals surface area (Å²) >= 11 is 0. The highest BCUT2D eigenvalue weighted by Gasteiger charge is 2.41. The molecule has 1 fully saturated rings. The number of hydrogen-bond acceptors (Lipinski definition) is 5. The topological polar surface area (TPSA) is 45.9 Å². The molecule has 170 valence electrons. The molecule has 0 aliphatic carbocycles. The van der Waals surface area contributed by atoms with Crippen LogP contribution in [0.25, 0.3) is 5.65 Å². The smallest absolute Gasteiger partial charge is 0.155 e. The molecule has 0 spiro atoms. The van der Waals surface area contributed by atoms with Gasteiger partial charge in [0.1, 0.15) is 5.75 Å². The van der Waals surface area contributed by atoms with Gasteiger partial charge in [0.2, 0.25) is 0 Å². The van der Waals surface area contributed by atoms with Crippen molar-refractivity contribution in [2.75, 3.05) is 21.2 Å². The van der Waals surface area contributed by atoms with Crippen molar-refractivity contribution in [3.8, 4) is 5.75 Å². The van der Waals surface area contributed by atoms with Crippen molar-refractivity contribution in [2.24, 2.45) is 0 Å². The van der Waals surface area contributed by atoms with Gasteiger partial charge < -0.3 is 9.64 Å². The lowest BCUT2D eigenvalue weighted by atomic mass is 9.93. The summed E-state index contributed by atoms with van der Waals surface area (Å²) in [7, 11) is 5.95. The van der Waals surface area contributed by atoms with Crippen LogP contribution in [-0.2, 0) is 24.9 Å². The maximum Gasteiger partial charge on any atom is 0.155 e. The van der Waals surface area contributed by atoms with Gasteiger partial charge in [-0.05, 0) is 44.6 Å². The highest BCUT2D eigenvalue weighted by atomic mass is 16.5. The van der Waals surface area contributed by atoms with Gasteiger partial charge >= 0.3 is 0 Å². The van der Waals surface area contributed by atoms with Crippen molar-refractivity contribution >= 4 is 5.65 Å². The van der Waals surface area contributed by atoms with Gasteiger partial charge in [-0.15, -0.1) is 0 Å². The van der Waals surface area contributed by atoms with Crippen LogP contribution in [0.5, 0.6) is 5.75 Å². The van der Waals surface area contributed by atoms with Crippen LogP contribution in [0.1, 0.15) is 67.7 Å². The summed E-state index contributed by atoms with van der Waals surface area (Å²) in [5.41, 5.74) is 7.43. The summed E-state index contributed by atoms with van der Waals surface area (Å²) in [6.45, 7) is 8.48. The van der Waals surface area contributed by atoms with E-state index in [2.05, 4.69) is 79.6 Å². The molecule has 4 heterocycles. The highest BCUT2D eigenvalue weighted by Crippen LogP contribution is 2.44. The number of rotatable bonds is 5. The van der Waals surface area contributed by atoms with E-state index >= 15 is 0 Å². The van der Waals surface area contributed by atoms with Crippen LogP contribution < -0.4 is 4.74 Å². The minimum atomic E-state index is 0.0267. The second-order valence-corrected chi connectivity index (χ2v) is 10.7. The molecule has 2 aliphatic rings. The normalized spacial score (nSPS) is 20.8. The van der Waals surface area contributed by atoms with Gasteiger partial charge in [0.05, 0.1) is 18.5 Å². The first-order chi connectivity index (χ1) is 15.2. The van der Waals surface area contributed by atoms with E-state index in [1.807, 2.05) is 0 Å². The van der Waals surface area contributed by atoms with Crippen molar-refractivity contribution in [3.63, 3.8) is 0 Å². The van der Waals surface area contributed by atoms with Crippen molar-refractivity contribution in [2.45, 2.75) is 70.6 Å². The zero-order valence-electron chi connectivity index (χ0n) is 20.2. The number of hydrogen-bond donors (Lipinski definition) is 0. The molecule has 0 saturated carbocycles. The van der Waals surface area contributed by atoms with Crippen molar-refractivity contribution < 1.29 is 4.74 Å². The lowest BCUT2D eigenvalue weighted by Crippen LogP contribution is -2.38. The highest BCUT2D eigenvalue weighted by molar-refractivity contribution is 5.46. The summed E-state index contributed by atoms with van der Waals surface area (Å²) in [6.07, 6.45) is 5.58. The first kappa shape index (κ1) is 21.4. The van der Waals surface area contributed by atoms with Gasteiger partial charge in [-0.1, -0.05) is 26.8 Å². The number of methoxy groups -OCH3 is 1. The molecule has 2 bridgehead atoms. The monoisotopic (exact) mass is 433 g/mol. The molecule has 2 atom stereocenters. The van der Waals surface area contributed by atoms with E-state index in [9.17, 15) is 0 Å². The fourth-order valence-corrected chi connectivity index (χ4v) is 5.40. The minimum Gasteiger partial charge on any atom is -0.496 e. The maximum atomic E-state index is 5.60. The van der Waals surface area contributed by atoms with E-state index in [0.29, 0.717) is 12.1 Å². The number of benzene rings is 1. The SMILES string of the molecule is COc1ccc(CN2[C@H]3CC[C@H]2c2cnc4cc(C(C)(C)C)nn4c2C3)cc1CN(C)C. The molecule has 0 N–H and O–H groups in total. The Kier molecular flexibility index (Phi) is 5.25. The Morgan fingerprint density at radius 1 is 1.16 bits per heavy atom. The van der Waals surface area contributed by atoms with E-state index in [1.165, 1.54) is 35.2 Å². The first-order valence-corrected chi connectivity index (χ1v) is 11.7. The van der Waals surface area contributed by atoms with Gasteiger partial charge in [0.15, 0.2) is 5.65 Å². The quantitative estimate of drug-likeness (QED) is 0.598. The van der Waals surface area contributed by atoms with Crippen LogP contribution in [-0.4, -0.2) is 51.6 Å². The average Bonchev–Trinajstić information content (AvgIpc) is 3.28. The molecule has 32 heavy (non-hydrogen) atoms. The first-order valence-electron chi connectivity index (χ1n) is 11.7. The summed E-state index contributed by atoms with van der Waals surface area (Å²) in [5, 5.41) is 4.98. The fourth-order valence-electron chi connectivity index (χ4n) is 5.40. The van der Waals surface area contributed by atoms with Crippen molar-refractivity contribution in [1.29, 1.82) is 0 Å². The number of fused-ring (bicyclic) bond motifs is 6. The van der Waals surface area contributed by atoms with E-state index < -0.39 is 0 Å². The Hall–Kier alpha value is -2.44. The molecule has 2 aliphatic heterocycles. The largest absolute Gasteiger partial charge is 0.496 e. The third-order valence-corrected chi connectivity index (χ3v) is 7.01. The molecule has 1 saturated heterocycles. The molecule has 6 heteroatoms. The average molecular weight is 434 g/mol. The lowest BCUT2D eigenvalue weighted by Gasteiger charge is -2.36. The summed E-state index contributed by atoms with van der Waals surface area (Å²) in [5.74, 6) is 0.967. The Labute approximate surface area is 191 Å². The van der Waals surface area contributed by atoms with Crippen LogP contribution in [0, 0.1) is 0 Å². The van der Waals surface area contributed by atoms with Crippen LogP contribution in [0.2, 0.25) is 0 Å². The predicted octanol–water partition coefficient (Wildman–Crippen LogP) is 4.36. The van der Waals surface area contributed by atoms with Crippen molar-refractivity contribution in [1.82, 2.24) is 24.4 Å². The Balaban J connectivity index is 1.46. The Bertz CT molecular complexity index is 1140. The molecular formula is C26H35N5O. The molecule has 0 unspecified atom stereocenters. The molecule has 6 nitrogen and oxygen atoms in total. The van der Waals surface area contributed by atoms with Crippen LogP contribution in [0.3, 0.4) is 0 Å². The third kappa shape index (κ3) is 3.69.